The van der Waals surface area contributed by atoms with Gasteiger partial charge in [-0.1, -0.05) is 12.5 Å². The van der Waals surface area contributed by atoms with Crippen molar-refractivity contribution in [1.29, 1.82) is 0 Å². The number of hydrogen-bond acceptors (Lipinski definition) is 3. The largest absolute Gasteiger partial charge is 0.384 e. The van der Waals surface area contributed by atoms with E-state index in [9.17, 15) is 23.1 Å². The van der Waals surface area contributed by atoms with Gasteiger partial charge in [-0.2, -0.15) is 4.39 Å². The lowest BCUT2D eigenvalue weighted by atomic mass is 9.62. The summed E-state index contributed by atoms with van der Waals surface area (Å²) in [4.78, 5) is 18.0. The van der Waals surface area contributed by atoms with Crippen LogP contribution in [0.15, 0.2) is 36.5 Å². The van der Waals surface area contributed by atoms with Crippen LogP contribution in [0.4, 0.5) is 13.2 Å². The average molecular weight is 376 g/mol. The van der Waals surface area contributed by atoms with E-state index in [0.717, 1.165) is 18.6 Å². The second kappa shape index (κ2) is 6.64. The second-order valence-corrected chi connectivity index (χ2v) is 7.33. The predicted octanol–water partition coefficient (Wildman–Crippen LogP) is 3.26. The molecule has 142 valence electrons. The van der Waals surface area contributed by atoms with Crippen LogP contribution in [0.25, 0.3) is 0 Å². The van der Waals surface area contributed by atoms with Crippen LogP contribution >= 0.6 is 0 Å². The molecule has 1 N–H and O–H groups in total. The Bertz CT molecular complexity index is 875. The third kappa shape index (κ3) is 2.90. The molecule has 2 bridgehead atoms. The summed E-state index contributed by atoms with van der Waals surface area (Å²) in [6.45, 7) is 0.443. The smallest absolute Gasteiger partial charge is 0.253 e. The minimum Gasteiger partial charge on any atom is -0.384 e. The zero-order chi connectivity index (χ0) is 19.2. The second-order valence-electron chi connectivity index (χ2n) is 7.33. The van der Waals surface area contributed by atoms with Crippen molar-refractivity contribution in [3.63, 3.8) is 0 Å². The SMILES string of the molecule is O=C(c1ccc(F)c(F)c1)N1CC2CCCC(C1)C2(O)c1cccnc1F. The standard InChI is InChI=1S/C20H19F3N2O2/c21-16-7-6-12(9-17(16)22)19(26)25-10-13-3-1-4-14(11-25)20(13,27)15-5-2-8-24-18(15)23/h2,5-9,13-14,27H,1,3-4,10-11H2. The molecule has 27 heavy (non-hydrogen) atoms. The summed E-state index contributed by atoms with van der Waals surface area (Å²) in [5, 5.41) is 11.4. The van der Waals surface area contributed by atoms with Gasteiger partial charge in [0.2, 0.25) is 5.95 Å². The van der Waals surface area contributed by atoms with Crippen LogP contribution in [0.3, 0.4) is 0 Å². The van der Waals surface area contributed by atoms with Gasteiger partial charge in [-0.15, -0.1) is 0 Å². The summed E-state index contributed by atoms with van der Waals surface area (Å²) in [5.41, 5.74) is -1.16. The van der Waals surface area contributed by atoms with Gasteiger partial charge >= 0.3 is 0 Å². The van der Waals surface area contributed by atoms with Crippen molar-refractivity contribution in [3.05, 3.63) is 65.2 Å². The molecule has 2 aromatic rings. The number of nitrogens with zero attached hydrogens (tertiary/aromatic N) is 2. The molecule has 4 rings (SSSR count). The van der Waals surface area contributed by atoms with Crippen LogP contribution < -0.4 is 0 Å². The summed E-state index contributed by atoms with van der Waals surface area (Å²) in [6, 6.07) is 6.19. The van der Waals surface area contributed by atoms with Gasteiger partial charge in [0.1, 0.15) is 5.60 Å². The Kier molecular flexibility index (Phi) is 4.42. The van der Waals surface area contributed by atoms with Crippen molar-refractivity contribution < 1.29 is 23.1 Å². The highest BCUT2D eigenvalue weighted by Crippen LogP contribution is 2.49. The fraction of sp³-hybridized carbons (Fsp3) is 0.400. The highest BCUT2D eigenvalue weighted by Gasteiger charge is 2.53. The van der Waals surface area contributed by atoms with Crippen molar-refractivity contribution in [2.24, 2.45) is 11.8 Å². The molecule has 1 saturated heterocycles. The van der Waals surface area contributed by atoms with Crippen LogP contribution in [0.5, 0.6) is 0 Å². The normalized spacial score (nSPS) is 27.5. The monoisotopic (exact) mass is 376 g/mol. The fourth-order valence-corrected chi connectivity index (χ4v) is 4.55. The number of benzene rings is 1. The van der Waals surface area contributed by atoms with Crippen molar-refractivity contribution in [2.45, 2.75) is 24.9 Å². The number of rotatable bonds is 2. The summed E-state index contributed by atoms with van der Waals surface area (Å²) in [7, 11) is 0. The molecule has 4 nitrogen and oxygen atoms in total. The van der Waals surface area contributed by atoms with Crippen LogP contribution in [0, 0.1) is 29.4 Å². The molecular weight excluding hydrogens is 357 g/mol. The van der Waals surface area contributed by atoms with Gasteiger partial charge in [-0.3, -0.25) is 4.79 Å². The van der Waals surface area contributed by atoms with Crippen molar-refractivity contribution >= 4 is 5.91 Å². The summed E-state index contributed by atoms with van der Waals surface area (Å²) in [6.07, 6.45) is 3.50. The lowest BCUT2D eigenvalue weighted by Crippen LogP contribution is -2.59. The number of amides is 1. The number of hydrogen-bond donors (Lipinski definition) is 1. The maximum atomic E-state index is 14.3. The quantitative estimate of drug-likeness (QED) is 0.819. The molecule has 1 aromatic heterocycles. The molecule has 2 unspecified atom stereocenters. The maximum Gasteiger partial charge on any atom is 0.253 e. The number of piperidine rings is 1. The van der Waals surface area contributed by atoms with Gasteiger partial charge in [-0.05, 0) is 37.1 Å². The summed E-state index contributed by atoms with van der Waals surface area (Å²) in [5.74, 6) is -3.90. The Hall–Kier alpha value is -2.41. The Morgan fingerprint density at radius 1 is 1.11 bits per heavy atom. The summed E-state index contributed by atoms with van der Waals surface area (Å²) >= 11 is 0. The first-order valence-corrected chi connectivity index (χ1v) is 8.99. The van der Waals surface area contributed by atoms with Crippen LogP contribution in [-0.4, -0.2) is 34.0 Å². The molecule has 7 heteroatoms. The third-order valence-corrected chi connectivity index (χ3v) is 5.88. The van der Waals surface area contributed by atoms with E-state index in [0.29, 0.717) is 12.8 Å². The number of aliphatic hydroxyl groups is 1. The van der Waals surface area contributed by atoms with Crippen LogP contribution in [0.2, 0.25) is 0 Å². The van der Waals surface area contributed by atoms with Crippen molar-refractivity contribution in [2.75, 3.05) is 13.1 Å². The number of carbonyl (C=O) groups is 1. The number of halogens is 3. The number of aromatic nitrogens is 1. The Morgan fingerprint density at radius 2 is 1.81 bits per heavy atom. The zero-order valence-electron chi connectivity index (χ0n) is 14.5. The first-order valence-electron chi connectivity index (χ1n) is 8.99. The highest BCUT2D eigenvalue weighted by atomic mass is 19.2. The first-order chi connectivity index (χ1) is 12.9. The molecule has 0 radical (unpaired) electrons. The van der Waals surface area contributed by atoms with Crippen LogP contribution in [0.1, 0.15) is 35.2 Å². The minimum atomic E-state index is -1.39. The predicted molar refractivity (Wildman–Crippen MR) is 91.2 cm³/mol. The minimum absolute atomic E-state index is 0.0602. The molecule has 1 aliphatic heterocycles. The molecule has 0 spiro atoms. The number of pyridine rings is 1. The summed E-state index contributed by atoms with van der Waals surface area (Å²) < 4.78 is 40.9. The van der Waals surface area contributed by atoms with E-state index in [2.05, 4.69) is 4.98 Å². The van der Waals surface area contributed by atoms with Gasteiger partial charge < -0.3 is 10.0 Å². The van der Waals surface area contributed by atoms with Gasteiger partial charge in [0.25, 0.3) is 5.91 Å². The molecule has 1 aliphatic carbocycles. The first kappa shape index (κ1) is 18.0. The molecule has 1 saturated carbocycles. The van der Waals surface area contributed by atoms with E-state index < -0.39 is 29.1 Å². The topological polar surface area (TPSA) is 53.4 Å². The van der Waals surface area contributed by atoms with E-state index in [1.807, 2.05) is 0 Å². The lowest BCUT2D eigenvalue weighted by molar-refractivity contribution is -0.141. The van der Waals surface area contributed by atoms with Crippen molar-refractivity contribution in [3.8, 4) is 0 Å². The van der Waals surface area contributed by atoms with Crippen molar-refractivity contribution in [1.82, 2.24) is 9.88 Å². The molecule has 2 atom stereocenters. The van der Waals surface area contributed by atoms with E-state index in [4.69, 9.17) is 0 Å². The lowest BCUT2D eigenvalue weighted by Gasteiger charge is -2.53. The van der Waals surface area contributed by atoms with E-state index in [1.165, 1.54) is 12.3 Å². The molecular formula is C20H19F3N2O2. The van der Waals surface area contributed by atoms with Gasteiger partial charge in [0, 0.05) is 42.2 Å². The Morgan fingerprint density at radius 3 is 2.44 bits per heavy atom. The average Bonchev–Trinajstić information content (AvgIpc) is 2.63. The van der Waals surface area contributed by atoms with Gasteiger partial charge in [-0.25, -0.2) is 13.8 Å². The number of carbonyl (C=O) groups excluding carboxylic acids is 1. The Labute approximate surface area is 154 Å². The zero-order valence-corrected chi connectivity index (χ0v) is 14.5. The Balaban J connectivity index is 1.64. The van der Waals surface area contributed by atoms with E-state index in [-0.39, 0.29) is 36.1 Å². The van der Waals surface area contributed by atoms with E-state index in [1.54, 1.807) is 17.0 Å². The van der Waals surface area contributed by atoms with E-state index >= 15 is 0 Å². The third-order valence-electron chi connectivity index (χ3n) is 5.88. The highest BCUT2D eigenvalue weighted by molar-refractivity contribution is 5.94. The molecule has 2 heterocycles. The number of fused-ring (bicyclic) bond motifs is 2. The van der Waals surface area contributed by atoms with Gasteiger partial charge in [0.05, 0.1) is 0 Å². The number of likely N-dealkylation sites (tertiary alicyclic amines) is 1. The van der Waals surface area contributed by atoms with Gasteiger partial charge in [0.15, 0.2) is 11.6 Å². The molecule has 1 amide bonds. The van der Waals surface area contributed by atoms with Crippen LogP contribution in [-0.2, 0) is 5.60 Å². The fourth-order valence-electron chi connectivity index (χ4n) is 4.55. The molecule has 1 aromatic carbocycles. The molecule has 2 fully saturated rings. The maximum absolute atomic E-state index is 14.3. The molecule has 2 aliphatic rings.